The molecule has 0 aromatic heterocycles. The maximum absolute atomic E-state index is 14.5. The van der Waals surface area contributed by atoms with Crippen molar-refractivity contribution in [1.82, 2.24) is 0 Å². The standard InChI is InChI=1S/C56H86O18/c1-14-29(2)47-32(5)20-21-55(74-47)26-38-23-37(73-55)19-18-31(4)46(30(3)16-15-17-36-27-65-52-45(57)33(6)22-39(53(58)69-38)56(36,52)59)70-43-24-40(60-9)48(34(7)67-43)71-44-25-41(61-10)49(35(8)68-44)72-54-51(64-13)50(63-12)42(62-11)28-66-54/h15-18,20-22,29-30,32,34-35,37-52,54,57,59H,14,19,23-28H2,1-13H3/b16-15+,31-18+,36-17+/t29-,30-,32-,34-,35-,37+,38-,39-,40-,41-,42+,43-,44-,45+,46-,47+,48-,49+,50+,51-,52+,54-,55+,56+/m0/s1. The van der Waals surface area contributed by atoms with Gasteiger partial charge in [0.15, 0.2) is 24.7 Å². The van der Waals surface area contributed by atoms with Crippen LogP contribution in [0.5, 0.6) is 0 Å². The highest BCUT2D eigenvalue weighted by Gasteiger charge is 2.60. The highest BCUT2D eigenvalue weighted by Crippen LogP contribution is 2.47. The van der Waals surface area contributed by atoms with E-state index in [1.165, 1.54) is 0 Å². The van der Waals surface area contributed by atoms with Crippen molar-refractivity contribution in [3.63, 3.8) is 0 Å². The normalized spacial score (nSPS) is 48.4. The molecule has 0 unspecified atom stereocenters. The Morgan fingerprint density at radius 1 is 0.757 bits per heavy atom. The predicted molar refractivity (Wildman–Crippen MR) is 268 cm³/mol. The number of hydrogen-bond acceptors (Lipinski definition) is 18. The fourth-order valence-electron chi connectivity index (χ4n) is 12.5. The van der Waals surface area contributed by atoms with E-state index in [1.54, 1.807) is 54.6 Å². The number of hydrogen-bond donors (Lipinski definition) is 2. The minimum atomic E-state index is -1.85. The van der Waals surface area contributed by atoms with Crippen molar-refractivity contribution in [3.05, 3.63) is 59.3 Å². The minimum Gasteiger partial charge on any atom is -0.462 e. The number of rotatable bonds is 13. The van der Waals surface area contributed by atoms with E-state index in [4.69, 9.17) is 71.1 Å². The molecule has 18 heteroatoms. The SMILES string of the molecule is CC[C@H](C)[C@H]1O[C@]2(C=C[C@@H]1C)C[C@@H]1C[C@@H](C/C=C(\C)[C@@H](O[C@H]3C[C@H](OC)[C@@H](O[C@H]4C[C@H](OC)[C@H](O[C@@H]5OC[C@@H](OC)[C@@H](OC)[C@@H]5OC)[C@H](C)O4)[C@H](C)O3)[C@@H](C)/C=C/C=C3\CO[C@@H]4[C@H](O)C(C)=C[C@@H](C(=O)O1)[C@]34O)O2. The summed E-state index contributed by atoms with van der Waals surface area (Å²) in [6.07, 6.45) is 6.45. The minimum absolute atomic E-state index is 0.0207. The number of carbonyl (C=O) groups is 1. The van der Waals surface area contributed by atoms with Crippen LogP contribution in [0.3, 0.4) is 0 Å². The highest BCUT2D eigenvalue weighted by molar-refractivity contribution is 5.78. The van der Waals surface area contributed by atoms with Gasteiger partial charge in [-0.15, -0.1) is 0 Å². The lowest BCUT2D eigenvalue weighted by atomic mass is 9.71. The summed E-state index contributed by atoms with van der Waals surface area (Å²) < 4.78 is 95.1. The number of allylic oxidation sites excluding steroid dienone is 2. The zero-order valence-electron chi connectivity index (χ0n) is 45.8. The largest absolute Gasteiger partial charge is 0.462 e. The van der Waals surface area contributed by atoms with Crippen molar-refractivity contribution >= 4 is 5.97 Å². The summed E-state index contributed by atoms with van der Waals surface area (Å²) in [5, 5.41) is 23.9. The van der Waals surface area contributed by atoms with Crippen LogP contribution in [0.4, 0.5) is 0 Å². The van der Waals surface area contributed by atoms with Crippen LogP contribution in [0.25, 0.3) is 0 Å². The van der Waals surface area contributed by atoms with Gasteiger partial charge in [-0.3, -0.25) is 4.79 Å². The molecular weight excluding hydrogens is 961 g/mol. The van der Waals surface area contributed by atoms with Crippen LogP contribution >= 0.6 is 0 Å². The van der Waals surface area contributed by atoms with Gasteiger partial charge in [0.1, 0.15) is 60.4 Å². The van der Waals surface area contributed by atoms with Gasteiger partial charge >= 0.3 is 5.97 Å². The van der Waals surface area contributed by atoms with E-state index in [-0.39, 0.29) is 49.6 Å². The molecule has 5 saturated heterocycles. The highest BCUT2D eigenvalue weighted by atomic mass is 16.8. The van der Waals surface area contributed by atoms with Gasteiger partial charge in [-0.1, -0.05) is 70.6 Å². The van der Waals surface area contributed by atoms with Crippen molar-refractivity contribution in [3.8, 4) is 0 Å². The number of carbonyl (C=O) groups excluding carboxylic acids is 1. The maximum Gasteiger partial charge on any atom is 0.316 e. The molecule has 7 heterocycles. The molecule has 7 aliphatic heterocycles. The molecule has 1 spiro atoms. The number of aliphatic hydroxyl groups is 2. The van der Waals surface area contributed by atoms with E-state index >= 15 is 0 Å². The molecule has 18 nitrogen and oxygen atoms in total. The Bertz CT molecular complexity index is 2040. The molecule has 0 aromatic carbocycles. The average Bonchev–Trinajstić information content (AvgIpc) is 3.73. The molecule has 8 aliphatic rings. The Labute approximate surface area is 438 Å². The van der Waals surface area contributed by atoms with E-state index in [0.717, 1.165) is 12.0 Å². The van der Waals surface area contributed by atoms with Gasteiger partial charge in [0.25, 0.3) is 0 Å². The van der Waals surface area contributed by atoms with Gasteiger partial charge in [-0.05, 0) is 62.8 Å². The monoisotopic (exact) mass is 1050 g/mol. The Balaban J connectivity index is 1.01. The van der Waals surface area contributed by atoms with Crippen molar-refractivity contribution in [2.75, 3.05) is 48.8 Å². The molecule has 8 rings (SSSR count). The lowest BCUT2D eigenvalue weighted by Gasteiger charge is -2.48. The third kappa shape index (κ3) is 11.9. The van der Waals surface area contributed by atoms with Crippen molar-refractivity contribution in [1.29, 1.82) is 0 Å². The van der Waals surface area contributed by atoms with E-state index in [9.17, 15) is 15.0 Å². The smallest absolute Gasteiger partial charge is 0.316 e. The molecule has 2 N–H and O–H groups in total. The first-order chi connectivity index (χ1) is 35.4. The first kappa shape index (κ1) is 57.7. The van der Waals surface area contributed by atoms with Crippen LogP contribution in [0.15, 0.2) is 59.3 Å². The number of methoxy groups -OCH3 is 5. The third-order valence-corrected chi connectivity index (χ3v) is 17.0. The summed E-state index contributed by atoms with van der Waals surface area (Å²) in [5.41, 5.74) is 0.0943. The lowest BCUT2D eigenvalue weighted by Crippen LogP contribution is -2.60. The molecule has 0 radical (unpaired) electrons. The molecule has 0 amide bonds. The second-order valence-electron chi connectivity index (χ2n) is 21.9. The van der Waals surface area contributed by atoms with Crippen molar-refractivity contribution < 1.29 is 86.1 Å². The van der Waals surface area contributed by atoms with Gasteiger partial charge < -0.3 is 81.3 Å². The van der Waals surface area contributed by atoms with Gasteiger partial charge in [0, 0.05) is 73.1 Å². The predicted octanol–water partition coefficient (Wildman–Crippen LogP) is 5.80. The zero-order valence-corrected chi connectivity index (χ0v) is 45.8. The third-order valence-electron chi connectivity index (χ3n) is 17.0. The van der Waals surface area contributed by atoms with Crippen LogP contribution in [0, 0.1) is 23.7 Å². The summed E-state index contributed by atoms with van der Waals surface area (Å²) in [5.74, 6) is -2.65. The second kappa shape index (κ2) is 24.7. The first-order valence-electron chi connectivity index (χ1n) is 26.9. The number of esters is 1. The molecule has 74 heavy (non-hydrogen) atoms. The molecule has 24 atom stereocenters. The number of aliphatic hydroxyl groups excluding tert-OH is 1. The van der Waals surface area contributed by atoms with E-state index in [1.807, 2.05) is 39.0 Å². The Hall–Kier alpha value is -2.47. The quantitative estimate of drug-likeness (QED) is 0.166. The zero-order chi connectivity index (χ0) is 53.2. The van der Waals surface area contributed by atoms with Crippen molar-refractivity contribution in [2.45, 2.75) is 216 Å². The Morgan fingerprint density at radius 2 is 1.42 bits per heavy atom. The molecule has 0 aromatic rings. The summed E-state index contributed by atoms with van der Waals surface area (Å²) in [7, 11) is 8.12. The van der Waals surface area contributed by atoms with Crippen molar-refractivity contribution in [2.24, 2.45) is 23.7 Å². The maximum atomic E-state index is 14.5. The molecule has 1 aliphatic carbocycles. The van der Waals surface area contributed by atoms with E-state index < -0.39 is 121 Å². The topological polar surface area (TPSA) is 196 Å². The fourth-order valence-corrected chi connectivity index (χ4v) is 12.5. The molecule has 0 saturated carbocycles. The van der Waals surface area contributed by atoms with Crippen LogP contribution < -0.4 is 0 Å². The molecular formula is C56H86O18. The van der Waals surface area contributed by atoms with Crippen LogP contribution in [0.2, 0.25) is 0 Å². The van der Waals surface area contributed by atoms with Gasteiger partial charge in [-0.2, -0.15) is 0 Å². The Morgan fingerprint density at radius 3 is 2.07 bits per heavy atom. The van der Waals surface area contributed by atoms with Gasteiger partial charge in [-0.25, -0.2) is 0 Å². The van der Waals surface area contributed by atoms with Crippen LogP contribution in [-0.2, 0) is 75.8 Å². The summed E-state index contributed by atoms with van der Waals surface area (Å²) in [4.78, 5) is 14.5. The number of fused-ring (bicyclic) bond motifs is 2. The molecule has 418 valence electrons. The first-order valence-corrected chi connectivity index (χ1v) is 26.9. The summed E-state index contributed by atoms with van der Waals surface area (Å²) >= 11 is 0. The van der Waals surface area contributed by atoms with Gasteiger partial charge in [0.2, 0.25) is 0 Å². The lowest BCUT2D eigenvalue weighted by molar-refractivity contribution is -0.346. The Kier molecular flexibility index (Phi) is 19.2. The van der Waals surface area contributed by atoms with Crippen LogP contribution in [0.1, 0.15) is 93.9 Å². The second-order valence-corrected chi connectivity index (χ2v) is 21.9. The average molecular weight is 1050 g/mol. The fraction of sp³-hybridized carbons (Fsp3) is 0.804. The summed E-state index contributed by atoms with van der Waals surface area (Å²) in [6, 6.07) is 0. The number of ether oxygens (including phenoxy) is 15. The van der Waals surface area contributed by atoms with E-state index in [2.05, 4.69) is 39.8 Å². The molecule has 5 fully saturated rings. The summed E-state index contributed by atoms with van der Waals surface area (Å²) in [6.45, 7) is 16.5. The van der Waals surface area contributed by atoms with E-state index in [0.29, 0.717) is 36.8 Å². The van der Waals surface area contributed by atoms with Crippen LogP contribution in [-0.4, -0.2) is 187 Å². The molecule has 2 bridgehead atoms. The van der Waals surface area contributed by atoms with Gasteiger partial charge in [0.05, 0.1) is 55.9 Å².